The molecule has 168 valence electrons. The molecule has 4 N–H and O–H groups in total. The van der Waals surface area contributed by atoms with Gasteiger partial charge in [-0.2, -0.15) is 0 Å². The van der Waals surface area contributed by atoms with E-state index in [4.69, 9.17) is 9.47 Å². The molecule has 5 atom stereocenters. The Morgan fingerprint density at radius 3 is 2.58 bits per heavy atom. The average Bonchev–Trinajstić information content (AvgIpc) is 2.74. The molecule has 0 aliphatic carbocycles. The van der Waals surface area contributed by atoms with Crippen LogP contribution in [0.3, 0.4) is 0 Å². The monoisotopic (exact) mass is 435 g/mol. The van der Waals surface area contributed by atoms with Gasteiger partial charge in [-0.05, 0) is 61.7 Å². The van der Waals surface area contributed by atoms with Crippen LogP contribution in [-0.4, -0.2) is 52.3 Å². The number of ether oxygens (including phenoxy) is 2. The van der Waals surface area contributed by atoms with E-state index in [0.717, 1.165) is 5.56 Å². The van der Waals surface area contributed by atoms with E-state index < -0.39 is 35.8 Å². The van der Waals surface area contributed by atoms with E-state index in [-0.39, 0.29) is 25.3 Å². The van der Waals surface area contributed by atoms with Crippen molar-refractivity contribution in [2.75, 3.05) is 13.1 Å². The normalized spacial score (nSPS) is 26.8. The summed E-state index contributed by atoms with van der Waals surface area (Å²) in [5.74, 6) is 0.142. The molecule has 0 spiro atoms. The van der Waals surface area contributed by atoms with E-state index in [1.807, 2.05) is 0 Å². The predicted octanol–water partition coefficient (Wildman–Crippen LogP) is 2.24. The van der Waals surface area contributed by atoms with Crippen molar-refractivity contribution >= 4 is 0 Å². The quantitative estimate of drug-likeness (QED) is 0.557. The molecule has 31 heavy (non-hydrogen) atoms. The molecule has 2 aromatic rings. The van der Waals surface area contributed by atoms with E-state index in [9.17, 15) is 24.1 Å². The second kappa shape index (κ2) is 8.70. The number of aliphatic hydroxyl groups excluding tert-OH is 3. The number of aliphatic hydroxyl groups is 3. The summed E-state index contributed by atoms with van der Waals surface area (Å²) >= 11 is 0. The van der Waals surface area contributed by atoms with Gasteiger partial charge in [0.1, 0.15) is 47.0 Å². The minimum atomic E-state index is -0.941. The highest BCUT2D eigenvalue weighted by Crippen LogP contribution is 2.37. The van der Waals surface area contributed by atoms with Gasteiger partial charge in [0.2, 0.25) is 0 Å². The Balaban J connectivity index is 1.30. The van der Waals surface area contributed by atoms with Gasteiger partial charge in [-0.25, -0.2) is 8.78 Å². The third-order valence-electron chi connectivity index (χ3n) is 6.15. The van der Waals surface area contributed by atoms with Crippen molar-refractivity contribution in [3.8, 4) is 11.5 Å². The SMILES string of the molecule is C[C@]1([C@@H](O)CNC[C@H](O)[C@@H]2C[C@@H](O)c3cc(F)ccc3O2)CCc2cc(F)ccc2O1. The van der Waals surface area contributed by atoms with Crippen LogP contribution in [0.4, 0.5) is 8.78 Å². The number of nitrogens with one attached hydrogen (secondary N) is 1. The van der Waals surface area contributed by atoms with Gasteiger partial charge in [-0.1, -0.05) is 0 Å². The molecule has 0 saturated heterocycles. The molecule has 4 rings (SSSR count). The van der Waals surface area contributed by atoms with Gasteiger partial charge >= 0.3 is 0 Å². The van der Waals surface area contributed by atoms with Crippen molar-refractivity contribution in [1.82, 2.24) is 5.32 Å². The molecule has 0 radical (unpaired) electrons. The molecule has 0 amide bonds. The van der Waals surface area contributed by atoms with Crippen molar-refractivity contribution in [3.05, 3.63) is 59.2 Å². The van der Waals surface area contributed by atoms with Crippen LogP contribution in [-0.2, 0) is 6.42 Å². The Morgan fingerprint density at radius 2 is 1.81 bits per heavy atom. The second-order valence-electron chi connectivity index (χ2n) is 8.50. The van der Waals surface area contributed by atoms with Crippen LogP contribution in [0.25, 0.3) is 0 Å². The first-order chi connectivity index (χ1) is 14.7. The predicted molar refractivity (Wildman–Crippen MR) is 109 cm³/mol. The zero-order valence-corrected chi connectivity index (χ0v) is 17.2. The Morgan fingerprint density at radius 1 is 1.10 bits per heavy atom. The van der Waals surface area contributed by atoms with Crippen LogP contribution < -0.4 is 14.8 Å². The molecule has 2 aromatic carbocycles. The number of halogens is 2. The molecule has 0 saturated carbocycles. The van der Waals surface area contributed by atoms with Crippen LogP contribution in [0.15, 0.2) is 36.4 Å². The number of rotatable bonds is 6. The Hall–Kier alpha value is -2.26. The van der Waals surface area contributed by atoms with Gasteiger partial charge in [-0.15, -0.1) is 0 Å². The van der Waals surface area contributed by atoms with Gasteiger partial charge in [-0.3, -0.25) is 0 Å². The van der Waals surface area contributed by atoms with Crippen molar-refractivity contribution in [1.29, 1.82) is 0 Å². The zero-order valence-electron chi connectivity index (χ0n) is 17.2. The second-order valence-corrected chi connectivity index (χ2v) is 8.50. The summed E-state index contributed by atoms with van der Waals surface area (Å²) in [6, 6.07) is 8.26. The number of benzene rings is 2. The number of hydrogen-bond acceptors (Lipinski definition) is 6. The van der Waals surface area contributed by atoms with Crippen molar-refractivity contribution in [2.45, 2.75) is 56.2 Å². The van der Waals surface area contributed by atoms with Crippen molar-refractivity contribution in [3.63, 3.8) is 0 Å². The fourth-order valence-corrected chi connectivity index (χ4v) is 4.16. The lowest BCUT2D eigenvalue weighted by atomic mass is 9.87. The Labute approximate surface area is 179 Å². The lowest BCUT2D eigenvalue weighted by molar-refractivity contribution is -0.0561. The molecule has 6 nitrogen and oxygen atoms in total. The van der Waals surface area contributed by atoms with E-state index in [2.05, 4.69) is 5.32 Å². The summed E-state index contributed by atoms with van der Waals surface area (Å²) in [5.41, 5.74) is 0.305. The van der Waals surface area contributed by atoms with Gasteiger partial charge in [0.15, 0.2) is 0 Å². The number of aryl methyl sites for hydroxylation is 1. The lowest BCUT2D eigenvalue weighted by Gasteiger charge is -2.39. The first-order valence-electron chi connectivity index (χ1n) is 10.4. The molecule has 8 heteroatoms. The Kier molecular flexibility index (Phi) is 6.16. The fourth-order valence-electron chi connectivity index (χ4n) is 4.16. The maximum absolute atomic E-state index is 13.4. The average molecular weight is 435 g/mol. The lowest BCUT2D eigenvalue weighted by Crippen LogP contribution is -2.53. The van der Waals surface area contributed by atoms with Gasteiger partial charge in [0.25, 0.3) is 0 Å². The highest BCUT2D eigenvalue weighted by atomic mass is 19.1. The minimum absolute atomic E-state index is 0.128. The standard InChI is InChI=1S/C23H27F2NO5/c1-23(7-6-13-8-14(24)2-4-19(13)31-23)22(29)12-26-11-18(28)21-10-17(27)16-9-15(25)3-5-20(16)30-21/h2-5,8-9,17-18,21-22,26-29H,6-7,10-12H2,1H3/t17-,18+,21+,22+,23-/m1/s1. The van der Waals surface area contributed by atoms with E-state index in [1.165, 1.54) is 30.3 Å². The van der Waals surface area contributed by atoms with Gasteiger partial charge in [0.05, 0.1) is 6.10 Å². The summed E-state index contributed by atoms with van der Waals surface area (Å²) in [4.78, 5) is 0. The summed E-state index contributed by atoms with van der Waals surface area (Å²) in [5, 5.41) is 34.5. The molecule has 0 fully saturated rings. The van der Waals surface area contributed by atoms with Gasteiger partial charge in [0, 0.05) is 25.1 Å². The maximum Gasteiger partial charge on any atom is 0.133 e. The minimum Gasteiger partial charge on any atom is -0.487 e. The van der Waals surface area contributed by atoms with E-state index in [1.54, 1.807) is 13.0 Å². The summed E-state index contributed by atoms with van der Waals surface area (Å²) in [6.45, 7) is 2.10. The molecular weight excluding hydrogens is 408 g/mol. The van der Waals surface area contributed by atoms with E-state index in [0.29, 0.717) is 29.9 Å². The summed E-state index contributed by atoms with van der Waals surface area (Å²) in [7, 11) is 0. The molecule has 2 aliphatic rings. The fraction of sp³-hybridized carbons (Fsp3) is 0.478. The number of fused-ring (bicyclic) bond motifs is 2. The Bertz CT molecular complexity index is 942. The van der Waals surface area contributed by atoms with Crippen molar-refractivity contribution < 1.29 is 33.6 Å². The van der Waals surface area contributed by atoms with Crippen LogP contribution in [0.1, 0.15) is 37.0 Å². The highest BCUT2D eigenvalue weighted by Gasteiger charge is 2.39. The van der Waals surface area contributed by atoms with Crippen LogP contribution >= 0.6 is 0 Å². The summed E-state index contributed by atoms with van der Waals surface area (Å²) in [6.07, 6.45) is -2.14. The van der Waals surface area contributed by atoms with Crippen molar-refractivity contribution in [2.24, 2.45) is 0 Å². The first kappa shape index (κ1) is 22.0. The molecule has 0 bridgehead atoms. The highest BCUT2D eigenvalue weighted by molar-refractivity contribution is 5.38. The molecule has 0 aromatic heterocycles. The van der Waals surface area contributed by atoms with E-state index >= 15 is 0 Å². The van der Waals surface area contributed by atoms with Crippen LogP contribution in [0.5, 0.6) is 11.5 Å². The molecule has 2 heterocycles. The van der Waals surface area contributed by atoms with Crippen LogP contribution in [0.2, 0.25) is 0 Å². The third-order valence-corrected chi connectivity index (χ3v) is 6.15. The van der Waals surface area contributed by atoms with Gasteiger partial charge < -0.3 is 30.1 Å². The molecule has 0 unspecified atom stereocenters. The van der Waals surface area contributed by atoms with Crippen LogP contribution in [0, 0.1) is 11.6 Å². The largest absolute Gasteiger partial charge is 0.487 e. The topological polar surface area (TPSA) is 91.2 Å². The zero-order chi connectivity index (χ0) is 22.2. The third kappa shape index (κ3) is 4.67. The molecular formula is C23H27F2NO5. The smallest absolute Gasteiger partial charge is 0.133 e. The molecule has 2 aliphatic heterocycles. The summed E-state index contributed by atoms with van der Waals surface area (Å²) < 4.78 is 38.5. The maximum atomic E-state index is 13.4. The number of hydrogen-bond donors (Lipinski definition) is 4. The first-order valence-corrected chi connectivity index (χ1v) is 10.4.